The van der Waals surface area contributed by atoms with Crippen LogP contribution in [0.3, 0.4) is 0 Å². The van der Waals surface area contributed by atoms with Crippen molar-refractivity contribution in [1.82, 2.24) is 9.88 Å². The van der Waals surface area contributed by atoms with Gasteiger partial charge in [0.2, 0.25) is 0 Å². The van der Waals surface area contributed by atoms with Crippen LogP contribution in [0.15, 0.2) is 47.1 Å². The predicted molar refractivity (Wildman–Crippen MR) is 88.1 cm³/mol. The number of carbonyl (C=O) groups is 1. The van der Waals surface area contributed by atoms with Crippen LogP contribution in [0.1, 0.15) is 35.5 Å². The van der Waals surface area contributed by atoms with Crippen LogP contribution in [0.2, 0.25) is 0 Å². The normalized spacial score (nSPS) is 10.7. The summed E-state index contributed by atoms with van der Waals surface area (Å²) in [5, 5.41) is 0. The molecule has 0 aliphatic carbocycles. The molecule has 1 aromatic heterocycles. The first-order valence-corrected chi connectivity index (χ1v) is 7.75. The number of pyridine rings is 1. The zero-order chi connectivity index (χ0) is 15.4. The minimum Gasteiger partial charge on any atom is -0.330 e. The summed E-state index contributed by atoms with van der Waals surface area (Å²) >= 11 is 3.48. The lowest BCUT2D eigenvalue weighted by atomic mass is 10.1. The Morgan fingerprint density at radius 3 is 2.62 bits per heavy atom. The molecule has 0 saturated carbocycles. The van der Waals surface area contributed by atoms with Gasteiger partial charge in [0.25, 0.3) is 5.91 Å². The molecular weight excluding hydrogens is 328 g/mol. The summed E-state index contributed by atoms with van der Waals surface area (Å²) in [5.74, 6) is 0.0244. The van der Waals surface area contributed by atoms with E-state index >= 15 is 0 Å². The Morgan fingerprint density at radius 2 is 2.05 bits per heavy atom. The lowest BCUT2D eigenvalue weighted by Crippen LogP contribution is -2.36. The Kier molecular flexibility index (Phi) is 5.12. The standard InChI is InChI=1S/C17H19BrN2O/c1-12(2)20(11-15-6-4-5-9-19-15)17(21)14-8-7-13(3)16(18)10-14/h4-10,12H,11H2,1-3H3. The quantitative estimate of drug-likeness (QED) is 0.830. The maximum atomic E-state index is 12.7. The van der Waals surface area contributed by atoms with Gasteiger partial charge in [0, 0.05) is 22.3 Å². The molecule has 2 aromatic rings. The van der Waals surface area contributed by atoms with Crippen molar-refractivity contribution in [2.24, 2.45) is 0 Å². The third-order valence-electron chi connectivity index (χ3n) is 3.36. The zero-order valence-corrected chi connectivity index (χ0v) is 14.1. The predicted octanol–water partition coefficient (Wildman–Crippen LogP) is 4.20. The van der Waals surface area contributed by atoms with E-state index in [0.29, 0.717) is 12.1 Å². The highest BCUT2D eigenvalue weighted by molar-refractivity contribution is 9.10. The minimum absolute atomic E-state index is 0.0244. The average molecular weight is 347 g/mol. The number of aryl methyl sites for hydroxylation is 1. The molecule has 1 amide bonds. The summed E-state index contributed by atoms with van der Waals surface area (Å²) in [6, 6.07) is 11.6. The molecule has 0 unspecified atom stereocenters. The van der Waals surface area contributed by atoms with Gasteiger partial charge in [-0.15, -0.1) is 0 Å². The van der Waals surface area contributed by atoms with Crippen molar-refractivity contribution in [3.63, 3.8) is 0 Å². The molecule has 0 radical (unpaired) electrons. The molecule has 4 heteroatoms. The van der Waals surface area contributed by atoms with Crippen LogP contribution >= 0.6 is 15.9 Å². The molecule has 0 saturated heterocycles. The highest BCUT2D eigenvalue weighted by Crippen LogP contribution is 2.20. The highest BCUT2D eigenvalue weighted by Gasteiger charge is 2.20. The number of hydrogen-bond donors (Lipinski definition) is 0. The molecule has 0 aliphatic heterocycles. The van der Waals surface area contributed by atoms with Crippen molar-refractivity contribution >= 4 is 21.8 Å². The fraction of sp³-hybridized carbons (Fsp3) is 0.294. The Balaban J connectivity index is 2.25. The molecule has 1 aromatic carbocycles. The first-order valence-electron chi connectivity index (χ1n) is 6.96. The van der Waals surface area contributed by atoms with Gasteiger partial charge >= 0.3 is 0 Å². The number of aromatic nitrogens is 1. The lowest BCUT2D eigenvalue weighted by Gasteiger charge is -2.26. The van der Waals surface area contributed by atoms with Crippen LogP contribution < -0.4 is 0 Å². The number of nitrogens with zero attached hydrogens (tertiary/aromatic N) is 2. The highest BCUT2D eigenvalue weighted by atomic mass is 79.9. The Labute approximate surface area is 134 Å². The Morgan fingerprint density at radius 1 is 1.29 bits per heavy atom. The maximum Gasteiger partial charge on any atom is 0.254 e. The van der Waals surface area contributed by atoms with Gasteiger partial charge in [-0.05, 0) is 50.6 Å². The second-order valence-electron chi connectivity index (χ2n) is 5.31. The second kappa shape index (κ2) is 6.85. The number of hydrogen-bond acceptors (Lipinski definition) is 2. The number of amides is 1. The molecule has 1 heterocycles. The van der Waals surface area contributed by atoms with E-state index in [-0.39, 0.29) is 11.9 Å². The van der Waals surface area contributed by atoms with Crippen LogP contribution in [0.5, 0.6) is 0 Å². The van der Waals surface area contributed by atoms with E-state index in [2.05, 4.69) is 20.9 Å². The topological polar surface area (TPSA) is 33.2 Å². The van der Waals surface area contributed by atoms with Gasteiger partial charge in [-0.25, -0.2) is 0 Å². The molecule has 0 aliphatic rings. The van der Waals surface area contributed by atoms with Crippen molar-refractivity contribution in [1.29, 1.82) is 0 Å². The van der Waals surface area contributed by atoms with Crippen LogP contribution in [-0.2, 0) is 6.54 Å². The van der Waals surface area contributed by atoms with E-state index in [9.17, 15) is 4.79 Å². The van der Waals surface area contributed by atoms with Gasteiger partial charge in [0.05, 0.1) is 12.2 Å². The number of halogens is 1. The molecule has 0 atom stereocenters. The van der Waals surface area contributed by atoms with Crippen LogP contribution in [0.4, 0.5) is 0 Å². The van der Waals surface area contributed by atoms with Crippen molar-refractivity contribution in [2.75, 3.05) is 0 Å². The van der Waals surface area contributed by atoms with Gasteiger partial charge in [-0.2, -0.15) is 0 Å². The average Bonchev–Trinajstić information content (AvgIpc) is 2.47. The number of carbonyl (C=O) groups excluding carboxylic acids is 1. The van der Waals surface area contributed by atoms with Crippen molar-refractivity contribution in [2.45, 2.75) is 33.4 Å². The first kappa shape index (κ1) is 15.7. The second-order valence-corrected chi connectivity index (χ2v) is 6.17. The fourth-order valence-corrected chi connectivity index (χ4v) is 2.43. The third-order valence-corrected chi connectivity index (χ3v) is 4.22. The third kappa shape index (κ3) is 3.91. The van der Waals surface area contributed by atoms with Gasteiger partial charge in [-0.3, -0.25) is 9.78 Å². The Bertz CT molecular complexity index is 626. The first-order chi connectivity index (χ1) is 9.99. The van der Waals surface area contributed by atoms with Gasteiger partial charge < -0.3 is 4.90 Å². The number of benzene rings is 1. The molecule has 21 heavy (non-hydrogen) atoms. The molecule has 0 N–H and O–H groups in total. The monoisotopic (exact) mass is 346 g/mol. The van der Waals surface area contributed by atoms with Crippen LogP contribution in [-0.4, -0.2) is 21.8 Å². The summed E-state index contributed by atoms with van der Waals surface area (Å²) in [6.07, 6.45) is 1.75. The SMILES string of the molecule is Cc1ccc(C(=O)N(Cc2ccccn2)C(C)C)cc1Br. The summed E-state index contributed by atoms with van der Waals surface area (Å²) < 4.78 is 0.954. The van der Waals surface area contributed by atoms with E-state index in [4.69, 9.17) is 0 Å². The molecule has 0 bridgehead atoms. The van der Waals surface area contributed by atoms with Gasteiger partial charge in [0.15, 0.2) is 0 Å². The molecule has 0 spiro atoms. The van der Waals surface area contributed by atoms with E-state index < -0.39 is 0 Å². The molecule has 3 nitrogen and oxygen atoms in total. The minimum atomic E-state index is 0.0244. The van der Waals surface area contributed by atoms with Crippen molar-refractivity contribution in [3.8, 4) is 0 Å². The van der Waals surface area contributed by atoms with Crippen LogP contribution in [0.25, 0.3) is 0 Å². The van der Waals surface area contributed by atoms with E-state index in [0.717, 1.165) is 15.7 Å². The molecule has 2 rings (SSSR count). The van der Waals surface area contributed by atoms with E-state index in [1.165, 1.54) is 0 Å². The van der Waals surface area contributed by atoms with Gasteiger partial charge in [-0.1, -0.05) is 28.1 Å². The molecule has 110 valence electrons. The van der Waals surface area contributed by atoms with Gasteiger partial charge in [0.1, 0.15) is 0 Å². The lowest BCUT2D eigenvalue weighted by molar-refractivity contribution is 0.0687. The molecular formula is C17H19BrN2O. The summed E-state index contributed by atoms with van der Waals surface area (Å²) in [5.41, 5.74) is 2.70. The largest absolute Gasteiger partial charge is 0.330 e. The molecule has 0 fully saturated rings. The van der Waals surface area contributed by atoms with Crippen molar-refractivity contribution < 1.29 is 4.79 Å². The number of rotatable bonds is 4. The smallest absolute Gasteiger partial charge is 0.254 e. The van der Waals surface area contributed by atoms with Crippen LogP contribution in [0, 0.1) is 6.92 Å². The fourth-order valence-electron chi connectivity index (χ4n) is 2.05. The van der Waals surface area contributed by atoms with Crippen molar-refractivity contribution in [3.05, 3.63) is 63.9 Å². The summed E-state index contributed by atoms with van der Waals surface area (Å²) in [6.45, 7) is 6.56. The summed E-state index contributed by atoms with van der Waals surface area (Å²) in [7, 11) is 0. The summed E-state index contributed by atoms with van der Waals surface area (Å²) in [4.78, 5) is 18.9. The Hall–Kier alpha value is -1.68. The van der Waals surface area contributed by atoms with E-state index in [1.54, 1.807) is 6.20 Å². The maximum absolute atomic E-state index is 12.7. The zero-order valence-electron chi connectivity index (χ0n) is 12.5. The van der Waals surface area contributed by atoms with E-state index in [1.807, 2.05) is 62.1 Å².